The average molecular weight is 932 g/mol. The van der Waals surface area contributed by atoms with Crippen LogP contribution in [-0.2, 0) is 0 Å². The van der Waals surface area contributed by atoms with Crippen molar-refractivity contribution >= 4 is 92.2 Å². The molecule has 0 fully saturated rings. The van der Waals surface area contributed by atoms with E-state index in [2.05, 4.69) is 63.7 Å². The van der Waals surface area contributed by atoms with Gasteiger partial charge in [-0.25, -0.2) is 0 Å². The minimum Gasteiger partial charge on any atom is -0.871 e. The zero-order valence-electron chi connectivity index (χ0n) is 25.2. The normalized spacial score (nSPS) is 11.5. The Balaban J connectivity index is 0.000000233. The molecule has 1 aliphatic heterocycles. The number of hydrogen-bond donors (Lipinski definition) is 2. The first-order valence-electron chi connectivity index (χ1n) is 13.3. The average Bonchev–Trinajstić information content (AvgIpc) is 3.06. The van der Waals surface area contributed by atoms with Crippen LogP contribution in [0, 0.1) is 0 Å². The van der Waals surface area contributed by atoms with Crippen LogP contribution in [0.15, 0.2) is 99.9 Å². The van der Waals surface area contributed by atoms with E-state index >= 15 is 0 Å². The number of rotatable bonds is 2. The summed E-state index contributed by atoms with van der Waals surface area (Å²) in [4.78, 5) is 48.6. The second kappa shape index (κ2) is 15.5. The fourth-order valence-electron chi connectivity index (χ4n) is 5.31. The Morgan fingerprint density at radius 1 is 0.673 bits per heavy atom. The molecule has 0 saturated carbocycles. The summed E-state index contributed by atoms with van der Waals surface area (Å²) < 4.78 is 6.80. The second-order valence-corrected chi connectivity index (χ2v) is 13.4. The molecule has 0 bridgehead atoms. The number of hydrogen-bond acceptors (Lipinski definition) is 9. The minimum atomic E-state index is -1.35. The molecular weight excluding hydrogens is 918 g/mol. The van der Waals surface area contributed by atoms with Crippen molar-refractivity contribution in [1.82, 2.24) is 0 Å². The quantitative estimate of drug-likeness (QED) is 0.146. The number of phenolic OH excluding ortho intramolecular Hbond substituents is 2. The summed E-state index contributed by atoms with van der Waals surface area (Å²) in [5.41, 5.74) is 1.73. The molecule has 0 spiro atoms. The fraction of sp³-hybridized carbons (Fsp3) is 0. The molecule has 0 amide bonds. The van der Waals surface area contributed by atoms with E-state index in [1.807, 2.05) is 0 Å². The van der Waals surface area contributed by atoms with Gasteiger partial charge in [-0.05, 0) is 77.6 Å². The maximum absolute atomic E-state index is 12.4. The summed E-state index contributed by atoms with van der Waals surface area (Å²) in [7, 11) is 0. The summed E-state index contributed by atoms with van der Waals surface area (Å²) in [5.74, 6) is -3.22. The number of carboxylic acid groups (broad SMARTS) is 1. The van der Waals surface area contributed by atoms with Crippen LogP contribution in [0.2, 0.25) is 0 Å². The Morgan fingerprint density at radius 3 is 1.90 bits per heavy atom. The van der Waals surface area contributed by atoms with Crippen molar-refractivity contribution < 1.29 is 98.3 Å². The molecule has 4 aromatic rings. The molecule has 2 N–H and O–H groups in total. The van der Waals surface area contributed by atoms with Crippen LogP contribution in [0.1, 0.15) is 42.2 Å². The van der Waals surface area contributed by atoms with Gasteiger partial charge in [0.1, 0.15) is 10.1 Å². The number of phenols is 2. The standard InChI is InChI=1S/C20H8Br4O5.C14H8O4.2Na/c21-11-5-9-13(7-3-1-2-4-8(7)20(27)28)10-6-12(22)17(26)15(24)19(10)29-18(9)14(23)16(11)25;15-10-6-5-9-11(14(10)18)13(17)8-4-2-1-3-7(8)12(9)16;;/h1-6,25H,(H,27,28);1-6,15,18H;;/q;;2*+1/p-2. The van der Waals surface area contributed by atoms with Crippen LogP contribution in [0.3, 0.4) is 0 Å². The first kappa shape index (κ1) is 39.5. The van der Waals surface area contributed by atoms with E-state index in [9.17, 15) is 39.6 Å². The Labute approximate surface area is 354 Å². The zero-order chi connectivity index (χ0) is 33.9. The van der Waals surface area contributed by atoms with E-state index in [1.165, 1.54) is 24.3 Å². The van der Waals surface area contributed by atoms with Crippen molar-refractivity contribution in [2.24, 2.45) is 0 Å². The first-order chi connectivity index (χ1) is 22.3. The number of benzene rings is 5. The van der Waals surface area contributed by atoms with Crippen molar-refractivity contribution in [3.8, 4) is 39.7 Å². The molecule has 0 unspecified atom stereocenters. The molecule has 9 nitrogen and oxygen atoms in total. The molecule has 1 heterocycles. The number of halogens is 4. The molecular formula is C34H14Br4Na2O9. The number of carbonyl (C=O) groups excluding carboxylic acids is 3. The predicted molar refractivity (Wildman–Crippen MR) is 182 cm³/mol. The van der Waals surface area contributed by atoms with Gasteiger partial charge in [-0.3, -0.25) is 14.4 Å². The molecule has 0 atom stereocenters. The van der Waals surface area contributed by atoms with Gasteiger partial charge in [-0.1, -0.05) is 70.2 Å². The molecule has 0 saturated heterocycles. The third-order valence-electron chi connectivity index (χ3n) is 7.47. The summed E-state index contributed by atoms with van der Waals surface area (Å²) in [6, 6.07) is 18.5. The number of fused-ring (bicyclic) bond motifs is 4. The van der Waals surface area contributed by atoms with E-state index in [0.717, 1.165) is 0 Å². The van der Waals surface area contributed by atoms with Crippen LogP contribution in [0.25, 0.3) is 33.4 Å². The predicted octanol–water partition coefficient (Wildman–Crippen LogP) is 0.933. The van der Waals surface area contributed by atoms with Crippen LogP contribution < -0.4 is 74.8 Å². The molecule has 234 valence electrons. The number of aromatic carboxylic acids is 1. The van der Waals surface area contributed by atoms with Gasteiger partial charge in [0, 0.05) is 43.2 Å². The third kappa shape index (κ3) is 6.87. The van der Waals surface area contributed by atoms with Gasteiger partial charge in [0.05, 0.1) is 20.5 Å². The van der Waals surface area contributed by atoms with Crippen molar-refractivity contribution in [3.05, 3.63) is 129 Å². The Hall–Kier alpha value is -2.30. The molecule has 49 heavy (non-hydrogen) atoms. The van der Waals surface area contributed by atoms with E-state index in [4.69, 9.17) is 4.42 Å². The second-order valence-electron chi connectivity index (χ2n) is 10.1. The van der Waals surface area contributed by atoms with Crippen molar-refractivity contribution in [3.63, 3.8) is 0 Å². The summed E-state index contributed by atoms with van der Waals surface area (Å²) in [5, 5.41) is 43.8. The van der Waals surface area contributed by atoms with E-state index in [0.29, 0.717) is 27.6 Å². The minimum absolute atomic E-state index is 0. The summed E-state index contributed by atoms with van der Waals surface area (Å²) >= 11 is 13.0. The SMILES string of the molecule is O=C([O-])c1ccccc1-c1c2cc(Br)c(=O)c(Br)c-2oc2c(Br)c([O-])c(Br)cc12.O=C1c2ccccc2C(=O)c2c1ccc(O)c2O.[Na+].[Na+]. The third-order valence-corrected chi connectivity index (χ3v) is 10.1. The first-order valence-corrected chi connectivity index (χ1v) is 16.5. The van der Waals surface area contributed by atoms with Crippen LogP contribution in [0.5, 0.6) is 17.2 Å². The Morgan fingerprint density at radius 2 is 1.27 bits per heavy atom. The number of ketones is 2. The molecule has 15 heteroatoms. The van der Waals surface area contributed by atoms with Gasteiger partial charge in [0.15, 0.2) is 28.8 Å². The molecule has 4 aromatic carbocycles. The van der Waals surface area contributed by atoms with Crippen LogP contribution in [0.4, 0.5) is 0 Å². The van der Waals surface area contributed by atoms with Crippen molar-refractivity contribution in [2.75, 3.05) is 0 Å². The molecule has 2 aliphatic carbocycles. The monoisotopic (exact) mass is 928 g/mol. The number of carbonyl (C=O) groups is 3. The van der Waals surface area contributed by atoms with Gasteiger partial charge in [0.25, 0.3) is 0 Å². The van der Waals surface area contributed by atoms with Crippen molar-refractivity contribution in [1.29, 1.82) is 0 Å². The van der Waals surface area contributed by atoms with E-state index in [1.54, 1.807) is 48.5 Å². The fourth-order valence-corrected chi connectivity index (χ4v) is 7.72. The molecule has 0 aromatic heterocycles. The number of aromatic hydroxyl groups is 2. The van der Waals surface area contributed by atoms with Crippen molar-refractivity contribution in [2.45, 2.75) is 0 Å². The van der Waals surface area contributed by atoms with Gasteiger partial charge in [-0.2, -0.15) is 0 Å². The molecule has 3 aliphatic rings. The zero-order valence-corrected chi connectivity index (χ0v) is 35.5. The summed E-state index contributed by atoms with van der Waals surface area (Å²) in [6.07, 6.45) is 0. The molecule has 7 rings (SSSR count). The van der Waals surface area contributed by atoms with Gasteiger partial charge < -0.3 is 29.6 Å². The maximum Gasteiger partial charge on any atom is 1.00 e. The maximum atomic E-state index is 12.4. The Kier molecular flexibility index (Phi) is 12.5. The summed E-state index contributed by atoms with van der Waals surface area (Å²) in [6.45, 7) is 0. The number of carboxylic acids is 1. The smallest absolute Gasteiger partial charge is 0.871 e. The van der Waals surface area contributed by atoms with Gasteiger partial charge in [0.2, 0.25) is 5.43 Å². The van der Waals surface area contributed by atoms with Crippen LogP contribution >= 0.6 is 63.7 Å². The van der Waals surface area contributed by atoms with Gasteiger partial charge in [-0.15, -0.1) is 0 Å². The molecule has 0 radical (unpaired) electrons. The van der Waals surface area contributed by atoms with Crippen LogP contribution in [-0.4, -0.2) is 27.7 Å². The van der Waals surface area contributed by atoms with E-state index < -0.39 is 23.3 Å². The topological polar surface area (TPSA) is 168 Å². The Bertz CT molecular complexity index is 2390. The largest absolute Gasteiger partial charge is 1.00 e. The van der Waals surface area contributed by atoms with Gasteiger partial charge >= 0.3 is 59.1 Å². The van der Waals surface area contributed by atoms with E-state index in [-0.39, 0.29) is 128 Å².